The summed E-state index contributed by atoms with van der Waals surface area (Å²) in [6.07, 6.45) is -4.57. The third kappa shape index (κ3) is 5.97. The number of likely N-dealkylation sites (N-methyl/N-ethyl adjacent to an activating group) is 1. The first-order valence-electron chi connectivity index (χ1n) is 8.42. The molecule has 30 heavy (non-hydrogen) atoms. The number of nitro benzene ring substituents is 1. The van der Waals surface area contributed by atoms with Crippen LogP contribution in [-0.2, 0) is 11.0 Å². The van der Waals surface area contributed by atoms with Crippen molar-refractivity contribution in [2.24, 2.45) is 5.73 Å². The molecule has 1 unspecified atom stereocenters. The van der Waals surface area contributed by atoms with Crippen LogP contribution in [0.4, 0.5) is 24.5 Å². The average molecular weight is 447 g/mol. The zero-order valence-electron chi connectivity index (χ0n) is 15.9. The highest BCUT2D eigenvalue weighted by Crippen LogP contribution is 2.38. The van der Waals surface area contributed by atoms with Crippen LogP contribution in [0.15, 0.2) is 36.4 Å². The van der Waals surface area contributed by atoms with E-state index in [0.29, 0.717) is 6.07 Å². The molecule has 8 nitrogen and oxygen atoms in total. The summed E-state index contributed by atoms with van der Waals surface area (Å²) in [4.78, 5) is 24.0. The smallest absolute Gasteiger partial charge is 0.416 e. The van der Waals surface area contributed by atoms with Gasteiger partial charge in [-0.05, 0) is 38.4 Å². The number of nitrogens with two attached hydrogens (primary N) is 1. The van der Waals surface area contributed by atoms with Crippen LogP contribution >= 0.6 is 11.6 Å². The Balaban J connectivity index is 2.36. The van der Waals surface area contributed by atoms with Crippen LogP contribution in [0.25, 0.3) is 0 Å². The monoisotopic (exact) mass is 446 g/mol. The van der Waals surface area contributed by atoms with E-state index in [9.17, 15) is 28.1 Å². The lowest BCUT2D eigenvalue weighted by Crippen LogP contribution is -2.43. The van der Waals surface area contributed by atoms with Gasteiger partial charge >= 0.3 is 6.18 Å². The van der Waals surface area contributed by atoms with Crippen molar-refractivity contribution in [1.29, 1.82) is 0 Å². The molecule has 0 heterocycles. The Morgan fingerprint density at radius 3 is 2.47 bits per heavy atom. The molecule has 0 bridgehead atoms. The van der Waals surface area contributed by atoms with Crippen molar-refractivity contribution in [3.05, 3.63) is 57.1 Å². The zero-order valence-corrected chi connectivity index (χ0v) is 16.6. The molecule has 1 amide bonds. The number of anilines is 1. The molecular weight excluding hydrogens is 429 g/mol. The number of ether oxygens (including phenoxy) is 1. The number of benzene rings is 2. The second-order valence-corrected chi connectivity index (χ2v) is 6.95. The molecule has 0 radical (unpaired) electrons. The van der Waals surface area contributed by atoms with Gasteiger partial charge in [0, 0.05) is 18.7 Å². The van der Waals surface area contributed by atoms with Gasteiger partial charge in [0.1, 0.15) is 23.2 Å². The molecule has 0 spiro atoms. The highest BCUT2D eigenvalue weighted by molar-refractivity contribution is 6.32. The Kier molecular flexibility index (Phi) is 7.11. The van der Waals surface area contributed by atoms with E-state index in [1.807, 2.05) is 0 Å². The molecule has 0 aliphatic carbocycles. The lowest BCUT2D eigenvalue weighted by Gasteiger charge is -2.20. The molecule has 0 fully saturated rings. The first kappa shape index (κ1) is 23.2. The topological polar surface area (TPSA) is 111 Å². The van der Waals surface area contributed by atoms with E-state index in [2.05, 4.69) is 5.32 Å². The third-order valence-electron chi connectivity index (χ3n) is 3.87. The van der Waals surface area contributed by atoms with Gasteiger partial charge in [-0.25, -0.2) is 0 Å². The van der Waals surface area contributed by atoms with Gasteiger partial charge in [-0.1, -0.05) is 11.6 Å². The maximum absolute atomic E-state index is 12.8. The lowest BCUT2D eigenvalue weighted by molar-refractivity contribution is -0.384. The van der Waals surface area contributed by atoms with Crippen LogP contribution in [0.1, 0.15) is 5.56 Å². The number of primary amides is 1. The number of alkyl halides is 3. The molecule has 2 rings (SSSR count). The van der Waals surface area contributed by atoms with Gasteiger partial charge in [-0.3, -0.25) is 14.9 Å². The van der Waals surface area contributed by atoms with Crippen LogP contribution in [0, 0.1) is 10.1 Å². The lowest BCUT2D eigenvalue weighted by atomic mass is 10.2. The van der Waals surface area contributed by atoms with Crippen LogP contribution in [-0.4, -0.2) is 42.4 Å². The predicted molar refractivity (Wildman–Crippen MR) is 105 cm³/mol. The summed E-state index contributed by atoms with van der Waals surface area (Å²) in [7, 11) is 3.39. The maximum atomic E-state index is 12.8. The van der Waals surface area contributed by atoms with Crippen molar-refractivity contribution in [2.45, 2.75) is 12.2 Å². The van der Waals surface area contributed by atoms with E-state index >= 15 is 0 Å². The highest BCUT2D eigenvalue weighted by Gasteiger charge is 2.31. The third-order valence-corrected chi connectivity index (χ3v) is 4.17. The average Bonchev–Trinajstić information content (AvgIpc) is 2.61. The maximum Gasteiger partial charge on any atom is 0.416 e. The standard InChI is InChI=1S/C18H18ClF3N4O4/c1-25(2)9-14(17(23)27)24-13-8-11(4-5-15(13)26(28)29)30-16-6-3-10(7-12(16)19)18(20,21)22/h3-8,14,24H,9H2,1-2H3,(H2,23,27). The largest absolute Gasteiger partial charge is 0.456 e. The van der Waals surface area contributed by atoms with Crippen molar-refractivity contribution >= 4 is 28.9 Å². The quantitative estimate of drug-likeness (QED) is 0.470. The van der Waals surface area contributed by atoms with E-state index in [4.69, 9.17) is 22.1 Å². The Labute approximate surface area is 174 Å². The van der Waals surface area contributed by atoms with Crippen molar-refractivity contribution in [1.82, 2.24) is 4.90 Å². The van der Waals surface area contributed by atoms with Gasteiger partial charge in [0.2, 0.25) is 5.91 Å². The van der Waals surface area contributed by atoms with E-state index < -0.39 is 28.6 Å². The Hall–Kier alpha value is -3.05. The van der Waals surface area contributed by atoms with Crippen LogP contribution < -0.4 is 15.8 Å². The summed E-state index contributed by atoms with van der Waals surface area (Å²) in [5.74, 6) is -0.753. The SMILES string of the molecule is CN(C)CC(Nc1cc(Oc2ccc(C(F)(F)F)cc2Cl)ccc1[N+](=O)[O-])C(N)=O. The Morgan fingerprint density at radius 1 is 1.30 bits per heavy atom. The molecule has 2 aromatic rings. The van der Waals surface area contributed by atoms with Crippen LogP contribution in [0.3, 0.4) is 0 Å². The molecule has 0 aliphatic rings. The molecule has 2 aromatic carbocycles. The molecule has 0 aliphatic heterocycles. The normalized spacial score (nSPS) is 12.5. The fraction of sp³-hybridized carbons (Fsp3) is 0.278. The summed E-state index contributed by atoms with van der Waals surface area (Å²) < 4.78 is 43.8. The summed E-state index contributed by atoms with van der Waals surface area (Å²) in [5.41, 5.74) is 4.01. The number of nitrogens with zero attached hydrogens (tertiary/aromatic N) is 2. The van der Waals surface area contributed by atoms with Gasteiger partial charge < -0.3 is 20.7 Å². The fourth-order valence-electron chi connectivity index (χ4n) is 2.50. The second-order valence-electron chi connectivity index (χ2n) is 6.54. The molecule has 12 heteroatoms. The number of carbonyl (C=O) groups excluding carboxylic acids is 1. The minimum absolute atomic E-state index is 0.0498. The number of nitro groups is 1. The molecule has 0 saturated heterocycles. The number of halogens is 4. The minimum Gasteiger partial charge on any atom is -0.456 e. The van der Waals surface area contributed by atoms with E-state index in [-0.39, 0.29) is 34.4 Å². The molecule has 3 N–H and O–H groups in total. The van der Waals surface area contributed by atoms with Crippen LogP contribution in [0.5, 0.6) is 11.5 Å². The number of nitrogens with one attached hydrogen (secondary N) is 1. The Bertz CT molecular complexity index is 954. The highest BCUT2D eigenvalue weighted by atomic mass is 35.5. The molecule has 0 saturated carbocycles. The molecule has 1 atom stereocenters. The Morgan fingerprint density at radius 2 is 1.97 bits per heavy atom. The van der Waals surface area contributed by atoms with Crippen molar-refractivity contribution in [2.75, 3.05) is 26.0 Å². The molecule has 162 valence electrons. The van der Waals surface area contributed by atoms with Crippen LogP contribution in [0.2, 0.25) is 5.02 Å². The van der Waals surface area contributed by atoms with Crippen molar-refractivity contribution in [3.8, 4) is 11.5 Å². The van der Waals surface area contributed by atoms with Gasteiger partial charge in [0.05, 0.1) is 15.5 Å². The van der Waals surface area contributed by atoms with Crippen molar-refractivity contribution in [3.63, 3.8) is 0 Å². The summed E-state index contributed by atoms with van der Waals surface area (Å²) in [6.45, 7) is 0.169. The number of amides is 1. The van der Waals surface area contributed by atoms with Gasteiger partial charge in [-0.15, -0.1) is 0 Å². The summed E-state index contributed by atoms with van der Waals surface area (Å²) in [5, 5.41) is 13.7. The predicted octanol–water partition coefficient (Wildman–Crippen LogP) is 3.89. The molecule has 0 aromatic heterocycles. The van der Waals surface area contributed by atoms with Gasteiger partial charge in [0.25, 0.3) is 5.69 Å². The minimum atomic E-state index is -4.57. The fourth-order valence-corrected chi connectivity index (χ4v) is 2.72. The number of rotatable bonds is 8. The number of carbonyl (C=O) groups is 1. The number of hydrogen-bond donors (Lipinski definition) is 2. The summed E-state index contributed by atoms with van der Waals surface area (Å²) >= 11 is 5.87. The first-order chi connectivity index (χ1) is 13.9. The number of hydrogen-bond acceptors (Lipinski definition) is 6. The van der Waals surface area contributed by atoms with E-state index in [1.54, 1.807) is 19.0 Å². The zero-order chi connectivity index (χ0) is 22.6. The summed E-state index contributed by atoms with van der Waals surface area (Å²) in [6, 6.07) is 5.22. The second kappa shape index (κ2) is 9.18. The van der Waals surface area contributed by atoms with Crippen molar-refractivity contribution < 1.29 is 27.6 Å². The molecular formula is C18H18ClF3N4O4. The van der Waals surface area contributed by atoms with E-state index in [0.717, 1.165) is 18.2 Å². The van der Waals surface area contributed by atoms with Gasteiger partial charge in [0.15, 0.2) is 0 Å². The van der Waals surface area contributed by atoms with E-state index in [1.165, 1.54) is 12.1 Å². The first-order valence-corrected chi connectivity index (χ1v) is 8.80. The van der Waals surface area contributed by atoms with Gasteiger partial charge in [-0.2, -0.15) is 13.2 Å².